The number of anilines is 3. The van der Waals surface area contributed by atoms with Gasteiger partial charge in [0, 0.05) is 34.6 Å². The van der Waals surface area contributed by atoms with Crippen LogP contribution in [0.15, 0.2) is 42.5 Å². The summed E-state index contributed by atoms with van der Waals surface area (Å²) in [5.74, 6) is -0.207. The summed E-state index contributed by atoms with van der Waals surface area (Å²) in [5, 5.41) is 11.8. The van der Waals surface area contributed by atoms with E-state index < -0.39 is 0 Å². The molecule has 0 aliphatic heterocycles. The molecule has 0 heterocycles. The van der Waals surface area contributed by atoms with E-state index in [2.05, 4.69) is 21.3 Å². The summed E-state index contributed by atoms with van der Waals surface area (Å²) in [7, 11) is 0. The molecule has 7 nitrogen and oxygen atoms in total. The minimum absolute atomic E-state index is 0.0329. The average Bonchev–Trinajstić information content (AvgIpc) is 3.60. The van der Waals surface area contributed by atoms with E-state index in [9.17, 15) is 14.4 Å². The van der Waals surface area contributed by atoms with Gasteiger partial charge in [0.2, 0.25) is 11.8 Å². The monoisotopic (exact) mass is 422 g/mol. The topological polar surface area (TPSA) is 99.3 Å². The Kier molecular flexibility index (Phi) is 7.28. The summed E-state index contributed by atoms with van der Waals surface area (Å²) in [6.45, 7) is 5.89. The van der Waals surface area contributed by atoms with Crippen LogP contribution in [0.5, 0.6) is 0 Å². The zero-order chi connectivity index (χ0) is 22.4. The first-order valence-corrected chi connectivity index (χ1v) is 10.7. The highest BCUT2D eigenvalue weighted by Gasteiger charge is 2.29. The summed E-state index contributed by atoms with van der Waals surface area (Å²) in [4.78, 5) is 36.8. The van der Waals surface area contributed by atoms with Crippen LogP contribution >= 0.6 is 0 Å². The van der Waals surface area contributed by atoms with E-state index in [0.29, 0.717) is 22.6 Å². The Bertz CT molecular complexity index is 969. The fourth-order valence-corrected chi connectivity index (χ4v) is 3.04. The van der Waals surface area contributed by atoms with Crippen molar-refractivity contribution in [2.45, 2.75) is 46.1 Å². The third kappa shape index (κ3) is 6.31. The fraction of sp³-hybridized carbons (Fsp3) is 0.375. The molecule has 0 aromatic heterocycles. The van der Waals surface area contributed by atoms with Crippen molar-refractivity contribution in [3.63, 3.8) is 0 Å². The zero-order valence-electron chi connectivity index (χ0n) is 18.2. The number of hydrogen-bond acceptors (Lipinski definition) is 4. The molecule has 1 atom stereocenters. The second-order valence-corrected chi connectivity index (χ2v) is 8.01. The van der Waals surface area contributed by atoms with Gasteiger partial charge in [0.15, 0.2) is 0 Å². The predicted molar refractivity (Wildman–Crippen MR) is 123 cm³/mol. The summed E-state index contributed by atoms with van der Waals surface area (Å²) in [5.41, 5.74) is 3.41. The van der Waals surface area contributed by atoms with Crippen molar-refractivity contribution in [2.75, 3.05) is 22.5 Å². The van der Waals surface area contributed by atoms with Gasteiger partial charge in [-0.3, -0.25) is 14.4 Å². The van der Waals surface area contributed by atoms with Crippen molar-refractivity contribution < 1.29 is 14.4 Å². The molecule has 1 saturated carbocycles. The van der Waals surface area contributed by atoms with E-state index in [1.165, 1.54) is 0 Å². The Hall–Kier alpha value is -3.35. The SMILES string of the molecule is CCC(C)NC(=O)c1cccc(NCC(=O)Nc2cccc(NC(=O)C3CC3)c2C)c1. The van der Waals surface area contributed by atoms with E-state index in [0.717, 1.165) is 24.8 Å². The van der Waals surface area contributed by atoms with Crippen LogP contribution in [0.2, 0.25) is 0 Å². The van der Waals surface area contributed by atoms with Crippen molar-refractivity contribution in [1.29, 1.82) is 0 Å². The van der Waals surface area contributed by atoms with Gasteiger partial charge in [-0.25, -0.2) is 0 Å². The molecule has 1 aliphatic carbocycles. The summed E-state index contributed by atoms with van der Waals surface area (Å²) in [6, 6.07) is 12.6. The van der Waals surface area contributed by atoms with Gasteiger partial charge in [0.1, 0.15) is 0 Å². The maximum atomic E-state index is 12.5. The standard InChI is InChI=1S/C24H30N4O3/c1-4-15(2)26-24(31)18-7-5-8-19(13-18)25-14-22(29)27-20-9-6-10-21(16(20)3)28-23(30)17-11-12-17/h5-10,13,15,17,25H,4,11-12,14H2,1-3H3,(H,26,31)(H,27,29)(H,28,30). The number of hydrogen-bond donors (Lipinski definition) is 4. The predicted octanol–water partition coefficient (Wildman–Crippen LogP) is 3.92. The molecular formula is C24H30N4O3. The molecule has 0 saturated heterocycles. The van der Waals surface area contributed by atoms with Crippen molar-refractivity contribution in [3.05, 3.63) is 53.6 Å². The fourth-order valence-electron chi connectivity index (χ4n) is 3.04. The maximum absolute atomic E-state index is 12.5. The Balaban J connectivity index is 1.56. The lowest BCUT2D eigenvalue weighted by Gasteiger charge is -2.14. The molecule has 31 heavy (non-hydrogen) atoms. The first kappa shape index (κ1) is 22.3. The molecule has 7 heteroatoms. The first-order valence-electron chi connectivity index (χ1n) is 10.7. The highest BCUT2D eigenvalue weighted by molar-refractivity contribution is 5.99. The lowest BCUT2D eigenvalue weighted by atomic mass is 10.1. The molecule has 4 N–H and O–H groups in total. The Labute approximate surface area is 183 Å². The van der Waals surface area contributed by atoms with Gasteiger partial charge in [-0.2, -0.15) is 0 Å². The van der Waals surface area contributed by atoms with E-state index in [-0.39, 0.29) is 36.2 Å². The van der Waals surface area contributed by atoms with Gasteiger partial charge < -0.3 is 21.3 Å². The van der Waals surface area contributed by atoms with Crippen LogP contribution in [0.4, 0.5) is 17.1 Å². The van der Waals surface area contributed by atoms with E-state index in [1.54, 1.807) is 30.3 Å². The summed E-state index contributed by atoms with van der Waals surface area (Å²) >= 11 is 0. The largest absolute Gasteiger partial charge is 0.376 e. The Morgan fingerprint density at radius 2 is 1.71 bits per heavy atom. The van der Waals surface area contributed by atoms with Crippen LogP contribution in [-0.4, -0.2) is 30.3 Å². The van der Waals surface area contributed by atoms with Gasteiger partial charge in [-0.15, -0.1) is 0 Å². The maximum Gasteiger partial charge on any atom is 0.251 e. The highest BCUT2D eigenvalue weighted by atomic mass is 16.2. The Morgan fingerprint density at radius 1 is 1.03 bits per heavy atom. The van der Waals surface area contributed by atoms with Gasteiger partial charge in [-0.1, -0.05) is 19.1 Å². The van der Waals surface area contributed by atoms with Crippen LogP contribution in [0.3, 0.4) is 0 Å². The van der Waals surface area contributed by atoms with Gasteiger partial charge in [0.25, 0.3) is 5.91 Å². The normalized spacial score (nSPS) is 13.8. The lowest BCUT2D eigenvalue weighted by Crippen LogP contribution is -2.31. The highest BCUT2D eigenvalue weighted by Crippen LogP contribution is 2.31. The van der Waals surface area contributed by atoms with Crippen LogP contribution in [0, 0.1) is 12.8 Å². The zero-order valence-corrected chi connectivity index (χ0v) is 18.2. The number of amides is 3. The number of rotatable bonds is 9. The third-order valence-electron chi connectivity index (χ3n) is 5.38. The molecule has 1 fully saturated rings. The lowest BCUT2D eigenvalue weighted by molar-refractivity contribution is -0.117. The molecule has 2 aromatic carbocycles. The molecule has 1 aliphatic rings. The van der Waals surface area contributed by atoms with E-state index in [1.807, 2.05) is 32.9 Å². The van der Waals surface area contributed by atoms with Gasteiger partial charge in [0.05, 0.1) is 6.54 Å². The number of carbonyl (C=O) groups is 3. The van der Waals surface area contributed by atoms with Crippen molar-refractivity contribution in [1.82, 2.24) is 5.32 Å². The molecule has 3 amide bonds. The molecule has 2 aromatic rings. The van der Waals surface area contributed by atoms with Gasteiger partial charge in [-0.05, 0) is 69.0 Å². The Morgan fingerprint density at radius 3 is 2.39 bits per heavy atom. The van der Waals surface area contributed by atoms with Crippen molar-refractivity contribution >= 4 is 34.8 Å². The summed E-state index contributed by atoms with van der Waals surface area (Å²) < 4.78 is 0. The minimum atomic E-state index is -0.219. The third-order valence-corrected chi connectivity index (χ3v) is 5.38. The van der Waals surface area contributed by atoms with Crippen LogP contribution in [0.1, 0.15) is 49.0 Å². The number of carbonyl (C=O) groups excluding carboxylic acids is 3. The van der Waals surface area contributed by atoms with Crippen LogP contribution in [-0.2, 0) is 9.59 Å². The van der Waals surface area contributed by atoms with E-state index in [4.69, 9.17) is 0 Å². The second kappa shape index (κ2) is 10.1. The molecule has 3 rings (SSSR count). The first-order chi connectivity index (χ1) is 14.9. The van der Waals surface area contributed by atoms with Crippen molar-refractivity contribution in [2.24, 2.45) is 5.92 Å². The summed E-state index contributed by atoms with van der Waals surface area (Å²) in [6.07, 6.45) is 2.73. The molecule has 0 radical (unpaired) electrons. The molecule has 1 unspecified atom stereocenters. The smallest absolute Gasteiger partial charge is 0.251 e. The number of benzene rings is 2. The van der Waals surface area contributed by atoms with Gasteiger partial charge >= 0.3 is 0 Å². The van der Waals surface area contributed by atoms with Crippen LogP contribution < -0.4 is 21.3 Å². The number of nitrogens with one attached hydrogen (secondary N) is 4. The molecule has 0 bridgehead atoms. The quantitative estimate of drug-likeness (QED) is 0.492. The molecule has 164 valence electrons. The average molecular weight is 423 g/mol. The molecule has 0 spiro atoms. The van der Waals surface area contributed by atoms with Crippen LogP contribution in [0.25, 0.3) is 0 Å². The minimum Gasteiger partial charge on any atom is -0.376 e. The van der Waals surface area contributed by atoms with E-state index >= 15 is 0 Å². The second-order valence-electron chi connectivity index (χ2n) is 8.01. The molecular weight excluding hydrogens is 392 g/mol. The van der Waals surface area contributed by atoms with Crippen molar-refractivity contribution in [3.8, 4) is 0 Å².